The lowest BCUT2D eigenvalue weighted by atomic mass is 10.0. The lowest BCUT2D eigenvalue weighted by molar-refractivity contribution is 0.0974. The van der Waals surface area contributed by atoms with Crippen LogP contribution in [0, 0.1) is 0 Å². The number of benzene rings is 3. The quantitative estimate of drug-likeness (QED) is 0.533. The van der Waals surface area contributed by atoms with Crippen LogP contribution in [0.15, 0.2) is 59.1 Å². The first-order valence-electron chi connectivity index (χ1n) is 9.46. The first kappa shape index (κ1) is 20.9. The maximum atomic E-state index is 13.6. The number of methoxy groups -OCH3 is 3. The van der Waals surface area contributed by atoms with Crippen LogP contribution in [-0.2, 0) is 0 Å². The van der Waals surface area contributed by atoms with Gasteiger partial charge < -0.3 is 24.6 Å². The molecule has 1 aliphatic heterocycles. The zero-order valence-electron chi connectivity index (χ0n) is 17.2. The maximum Gasteiger partial charge on any atom is 0.262 e. The third-order valence-corrected chi connectivity index (χ3v) is 5.61. The number of nitrogens with zero attached hydrogens (tertiary/aromatic N) is 1. The fourth-order valence-corrected chi connectivity index (χ4v) is 4.12. The van der Waals surface area contributed by atoms with Crippen molar-refractivity contribution in [3.8, 4) is 23.0 Å². The highest BCUT2D eigenvalue weighted by atomic mass is 79.9. The highest BCUT2D eigenvalue weighted by Gasteiger charge is 2.37. The van der Waals surface area contributed by atoms with Gasteiger partial charge in [0.25, 0.3) is 5.91 Å². The number of fused-ring (bicyclic) bond motifs is 1. The van der Waals surface area contributed by atoms with Crippen LogP contribution in [0.3, 0.4) is 0 Å². The van der Waals surface area contributed by atoms with Crippen molar-refractivity contribution in [2.45, 2.75) is 6.17 Å². The van der Waals surface area contributed by atoms with Gasteiger partial charge in [0.2, 0.25) is 0 Å². The molecule has 0 radical (unpaired) electrons. The number of hydrogen-bond donors (Lipinski definition) is 2. The molecule has 1 aliphatic rings. The van der Waals surface area contributed by atoms with E-state index in [1.165, 1.54) is 14.2 Å². The van der Waals surface area contributed by atoms with Crippen molar-refractivity contribution in [3.05, 3.63) is 70.2 Å². The molecule has 1 unspecified atom stereocenters. The molecule has 160 valence electrons. The number of anilines is 2. The summed E-state index contributed by atoms with van der Waals surface area (Å²) in [6.07, 6.45) is -0.726. The number of phenolic OH excluding ortho intramolecular Hbond substituents is 1. The van der Waals surface area contributed by atoms with Gasteiger partial charge in [0.15, 0.2) is 11.5 Å². The molecule has 3 aromatic rings. The van der Waals surface area contributed by atoms with Gasteiger partial charge in [-0.15, -0.1) is 0 Å². The number of carbonyl (C=O) groups excluding carboxylic acids is 1. The summed E-state index contributed by atoms with van der Waals surface area (Å²) in [5.74, 6) is 1.05. The van der Waals surface area contributed by atoms with Crippen LogP contribution in [0.2, 0.25) is 0 Å². The Morgan fingerprint density at radius 1 is 0.968 bits per heavy atom. The summed E-state index contributed by atoms with van der Waals surface area (Å²) < 4.78 is 16.9. The van der Waals surface area contributed by atoms with Crippen molar-refractivity contribution >= 4 is 33.2 Å². The fraction of sp³-hybridized carbons (Fsp3) is 0.174. The standard InChI is InChI=1S/C23H21BrN2O5/c1-29-14-8-9-18(19(12-14)30-2)26-22(16-10-13(24)11-20(31-3)21(16)27)25-17-7-5-4-6-15(17)23(26)28/h4-12,22,25,27H,1-3H3. The van der Waals surface area contributed by atoms with E-state index < -0.39 is 6.17 Å². The average Bonchev–Trinajstić information content (AvgIpc) is 2.80. The Morgan fingerprint density at radius 2 is 1.71 bits per heavy atom. The zero-order chi connectivity index (χ0) is 22.1. The number of para-hydroxylation sites is 1. The largest absolute Gasteiger partial charge is 0.504 e. The smallest absolute Gasteiger partial charge is 0.262 e. The Morgan fingerprint density at radius 3 is 2.42 bits per heavy atom. The number of ether oxygens (including phenoxy) is 3. The van der Waals surface area contributed by atoms with Crippen LogP contribution in [0.4, 0.5) is 11.4 Å². The lowest BCUT2D eigenvalue weighted by Gasteiger charge is -2.39. The number of nitrogens with one attached hydrogen (secondary N) is 1. The number of aromatic hydroxyl groups is 1. The van der Waals surface area contributed by atoms with Gasteiger partial charge in [0, 0.05) is 21.8 Å². The van der Waals surface area contributed by atoms with Crippen molar-refractivity contribution < 1.29 is 24.1 Å². The molecule has 0 saturated carbocycles. The van der Waals surface area contributed by atoms with Crippen LogP contribution < -0.4 is 24.4 Å². The number of rotatable bonds is 5. The van der Waals surface area contributed by atoms with E-state index in [0.717, 1.165) is 0 Å². The zero-order valence-corrected chi connectivity index (χ0v) is 18.8. The molecule has 3 aromatic carbocycles. The Hall–Kier alpha value is -3.39. The number of halogens is 1. The predicted octanol–water partition coefficient (Wildman–Crippen LogP) is 4.95. The minimum atomic E-state index is -0.726. The molecule has 2 N–H and O–H groups in total. The summed E-state index contributed by atoms with van der Waals surface area (Å²) in [5, 5.41) is 14.3. The first-order valence-corrected chi connectivity index (χ1v) is 10.2. The fourth-order valence-electron chi connectivity index (χ4n) is 3.66. The Kier molecular flexibility index (Phi) is 5.65. The lowest BCUT2D eigenvalue weighted by Crippen LogP contribution is -2.43. The van der Waals surface area contributed by atoms with E-state index in [1.54, 1.807) is 48.4 Å². The van der Waals surface area contributed by atoms with E-state index in [-0.39, 0.29) is 11.7 Å². The topological polar surface area (TPSA) is 80.3 Å². The summed E-state index contributed by atoms with van der Waals surface area (Å²) in [7, 11) is 4.57. The Balaban J connectivity index is 1.95. The molecule has 8 heteroatoms. The predicted molar refractivity (Wildman–Crippen MR) is 122 cm³/mol. The first-order chi connectivity index (χ1) is 15.0. The second-order valence-electron chi connectivity index (χ2n) is 6.85. The second-order valence-corrected chi connectivity index (χ2v) is 7.77. The number of phenols is 1. The second kappa shape index (κ2) is 8.39. The minimum Gasteiger partial charge on any atom is -0.504 e. The molecule has 1 atom stereocenters. The van der Waals surface area contributed by atoms with Gasteiger partial charge in [0.1, 0.15) is 17.7 Å². The van der Waals surface area contributed by atoms with Gasteiger partial charge in [-0.05, 0) is 36.4 Å². The molecule has 0 bridgehead atoms. The van der Waals surface area contributed by atoms with Crippen LogP contribution in [0.1, 0.15) is 22.1 Å². The van der Waals surface area contributed by atoms with Crippen molar-refractivity contribution in [2.75, 3.05) is 31.5 Å². The average molecular weight is 485 g/mol. The monoisotopic (exact) mass is 484 g/mol. The van der Waals surface area contributed by atoms with Gasteiger partial charge in [0.05, 0.1) is 32.6 Å². The molecule has 0 aliphatic carbocycles. The SMILES string of the molecule is COc1ccc(N2C(=O)c3ccccc3NC2c2cc(Br)cc(OC)c2O)c(OC)c1. The maximum absolute atomic E-state index is 13.6. The molecular weight excluding hydrogens is 464 g/mol. The van der Waals surface area contributed by atoms with Crippen LogP contribution >= 0.6 is 15.9 Å². The number of carbonyl (C=O) groups is 1. The van der Waals surface area contributed by atoms with E-state index in [1.807, 2.05) is 18.2 Å². The van der Waals surface area contributed by atoms with Crippen LogP contribution in [0.25, 0.3) is 0 Å². The normalized spacial score (nSPS) is 15.2. The van der Waals surface area contributed by atoms with E-state index in [2.05, 4.69) is 21.2 Å². The molecule has 0 fully saturated rings. The number of hydrogen-bond acceptors (Lipinski definition) is 6. The summed E-state index contributed by atoms with van der Waals surface area (Å²) in [4.78, 5) is 15.2. The molecule has 1 heterocycles. The molecule has 0 aromatic heterocycles. The Bertz CT molecular complexity index is 1150. The molecular formula is C23H21BrN2O5. The summed E-state index contributed by atoms with van der Waals surface area (Å²) in [5.41, 5.74) is 2.17. The van der Waals surface area contributed by atoms with Crippen molar-refractivity contribution in [1.29, 1.82) is 0 Å². The molecule has 0 spiro atoms. The molecule has 31 heavy (non-hydrogen) atoms. The number of amides is 1. The van der Waals surface area contributed by atoms with Crippen molar-refractivity contribution in [2.24, 2.45) is 0 Å². The third kappa shape index (κ3) is 3.63. The molecule has 7 nitrogen and oxygen atoms in total. The van der Waals surface area contributed by atoms with Crippen molar-refractivity contribution in [1.82, 2.24) is 0 Å². The summed E-state index contributed by atoms with van der Waals surface area (Å²) in [6, 6.07) is 15.9. The minimum absolute atomic E-state index is 0.0622. The molecule has 0 saturated heterocycles. The van der Waals surface area contributed by atoms with Gasteiger partial charge in [-0.3, -0.25) is 9.69 Å². The van der Waals surface area contributed by atoms with E-state index in [9.17, 15) is 9.90 Å². The van der Waals surface area contributed by atoms with E-state index in [4.69, 9.17) is 14.2 Å². The van der Waals surface area contributed by atoms with Gasteiger partial charge in [-0.1, -0.05) is 28.1 Å². The van der Waals surface area contributed by atoms with Gasteiger partial charge >= 0.3 is 0 Å². The summed E-state index contributed by atoms with van der Waals surface area (Å²) >= 11 is 3.46. The molecule has 1 amide bonds. The Labute approximate surface area is 188 Å². The highest BCUT2D eigenvalue weighted by Crippen LogP contribution is 2.46. The highest BCUT2D eigenvalue weighted by molar-refractivity contribution is 9.10. The van der Waals surface area contributed by atoms with Gasteiger partial charge in [-0.2, -0.15) is 0 Å². The van der Waals surface area contributed by atoms with Gasteiger partial charge in [-0.25, -0.2) is 0 Å². The van der Waals surface area contributed by atoms with Crippen LogP contribution in [-0.4, -0.2) is 32.3 Å². The molecule has 4 rings (SSSR count). The van der Waals surface area contributed by atoms with E-state index in [0.29, 0.717) is 44.2 Å². The van der Waals surface area contributed by atoms with Crippen LogP contribution in [0.5, 0.6) is 23.0 Å². The third-order valence-electron chi connectivity index (χ3n) is 5.16. The van der Waals surface area contributed by atoms with E-state index >= 15 is 0 Å². The summed E-state index contributed by atoms with van der Waals surface area (Å²) in [6.45, 7) is 0. The van der Waals surface area contributed by atoms with Crippen molar-refractivity contribution in [3.63, 3.8) is 0 Å².